The third kappa shape index (κ3) is 16.4. The highest BCUT2D eigenvalue weighted by atomic mass is 16.6. The van der Waals surface area contributed by atoms with Crippen LogP contribution in [0.5, 0.6) is 0 Å². The Morgan fingerprint density at radius 2 is 1.13 bits per heavy atom. The summed E-state index contributed by atoms with van der Waals surface area (Å²) in [4.78, 5) is 0. The monoisotopic (exact) mass is 332 g/mol. The van der Waals surface area contributed by atoms with Crippen molar-refractivity contribution in [2.75, 3.05) is 60.0 Å². The summed E-state index contributed by atoms with van der Waals surface area (Å²) in [6.45, 7) is 5.71. The van der Waals surface area contributed by atoms with Gasteiger partial charge in [-0.1, -0.05) is 38.5 Å². The van der Waals surface area contributed by atoms with Gasteiger partial charge >= 0.3 is 0 Å². The molecule has 0 aromatic rings. The lowest BCUT2D eigenvalue weighted by Gasteiger charge is -2.06. The van der Waals surface area contributed by atoms with Crippen molar-refractivity contribution in [2.45, 2.75) is 57.5 Å². The van der Waals surface area contributed by atoms with Crippen LogP contribution >= 0.6 is 0 Å². The Labute approximate surface area is 142 Å². The van der Waals surface area contributed by atoms with Gasteiger partial charge in [-0.15, -0.1) is 0 Å². The van der Waals surface area contributed by atoms with Crippen LogP contribution in [0.3, 0.4) is 0 Å². The van der Waals surface area contributed by atoms with Crippen LogP contribution in [-0.2, 0) is 23.7 Å². The molecule has 1 unspecified atom stereocenters. The fraction of sp³-hybridized carbons (Fsp3) is 1.00. The second-order valence-corrected chi connectivity index (χ2v) is 6.05. The molecule has 1 fully saturated rings. The highest BCUT2D eigenvalue weighted by molar-refractivity contribution is 4.68. The normalized spacial score (nSPS) is 16.8. The van der Waals surface area contributed by atoms with Crippen molar-refractivity contribution in [3.05, 3.63) is 0 Å². The zero-order chi connectivity index (χ0) is 16.4. The average molecular weight is 332 g/mol. The number of ether oxygens (including phenoxy) is 5. The fourth-order valence-corrected chi connectivity index (χ4v) is 2.38. The highest BCUT2D eigenvalue weighted by Gasteiger charge is 2.20. The second kappa shape index (κ2) is 16.7. The molecule has 0 aromatic heterocycles. The van der Waals surface area contributed by atoms with Gasteiger partial charge in [0.2, 0.25) is 0 Å². The first-order valence-electron chi connectivity index (χ1n) is 9.27. The molecule has 5 heteroatoms. The van der Waals surface area contributed by atoms with E-state index in [2.05, 4.69) is 0 Å². The number of unbranched alkanes of at least 4 members (excludes halogenated alkanes) is 6. The molecule has 0 bridgehead atoms. The van der Waals surface area contributed by atoms with Gasteiger partial charge in [0.05, 0.1) is 52.4 Å². The first kappa shape index (κ1) is 20.8. The molecule has 0 saturated carbocycles. The van der Waals surface area contributed by atoms with Gasteiger partial charge in [0.25, 0.3) is 0 Å². The van der Waals surface area contributed by atoms with E-state index < -0.39 is 0 Å². The molecule has 5 nitrogen and oxygen atoms in total. The van der Waals surface area contributed by atoms with Crippen LogP contribution in [0, 0.1) is 0 Å². The molecule has 138 valence electrons. The van der Waals surface area contributed by atoms with Gasteiger partial charge in [0, 0.05) is 13.7 Å². The van der Waals surface area contributed by atoms with E-state index in [1.807, 2.05) is 0 Å². The van der Waals surface area contributed by atoms with Crippen molar-refractivity contribution in [1.29, 1.82) is 0 Å². The van der Waals surface area contributed by atoms with E-state index in [0.29, 0.717) is 45.7 Å². The predicted octanol–water partition coefficient (Wildman–Crippen LogP) is 3.20. The molecule has 1 atom stereocenters. The Morgan fingerprint density at radius 1 is 0.652 bits per heavy atom. The van der Waals surface area contributed by atoms with E-state index >= 15 is 0 Å². The first-order valence-corrected chi connectivity index (χ1v) is 9.27. The summed E-state index contributed by atoms with van der Waals surface area (Å²) in [6, 6.07) is 0. The summed E-state index contributed by atoms with van der Waals surface area (Å²) in [5, 5.41) is 0. The van der Waals surface area contributed by atoms with Gasteiger partial charge in [-0.05, 0) is 12.8 Å². The van der Waals surface area contributed by atoms with Gasteiger partial charge in [-0.3, -0.25) is 0 Å². The molecular weight excluding hydrogens is 296 g/mol. The maximum atomic E-state index is 5.56. The fourth-order valence-electron chi connectivity index (χ4n) is 2.38. The molecule has 23 heavy (non-hydrogen) atoms. The Hall–Kier alpha value is -0.200. The highest BCUT2D eigenvalue weighted by Crippen LogP contribution is 2.18. The molecule has 0 aromatic carbocycles. The largest absolute Gasteiger partial charge is 0.382 e. The lowest BCUT2D eigenvalue weighted by atomic mass is 10.1. The number of hydrogen-bond acceptors (Lipinski definition) is 5. The minimum absolute atomic E-state index is 0.610. The van der Waals surface area contributed by atoms with Crippen LogP contribution in [0.15, 0.2) is 0 Å². The standard InChI is InChI=1S/C18H36O5/c1-19-11-12-21-15-16-22-14-13-20-10-8-6-4-2-3-5-7-9-18-17-23-18/h18H,2-17H2,1H3. The number of rotatable bonds is 19. The molecule has 1 aliphatic rings. The molecule has 0 N–H and O–H groups in total. The van der Waals surface area contributed by atoms with E-state index in [9.17, 15) is 0 Å². The molecule has 1 heterocycles. The molecule has 1 rings (SSSR count). The van der Waals surface area contributed by atoms with E-state index in [1.54, 1.807) is 7.11 Å². The lowest BCUT2D eigenvalue weighted by Crippen LogP contribution is -2.11. The predicted molar refractivity (Wildman–Crippen MR) is 91.0 cm³/mol. The van der Waals surface area contributed by atoms with Gasteiger partial charge in [0.15, 0.2) is 0 Å². The third-order valence-electron chi connectivity index (χ3n) is 3.89. The van der Waals surface area contributed by atoms with Crippen LogP contribution in [0.1, 0.15) is 51.4 Å². The summed E-state index contributed by atoms with van der Waals surface area (Å²) < 4.78 is 26.4. The van der Waals surface area contributed by atoms with E-state index in [4.69, 9.17) is 23.7 Å². The van der Waals surface area contributed by atoms with Gasteiger partial charge < -0.3 is 23.7 Å². The van der Waals surface area contributed by atoms with E-state index in [-0.39, 0.29) is 0 Å². The van der Waals surface area contributed by atoms with Gasteiger partial charge in [0.1, 0.15) is 0 Å². The Kier molecular flexibility index (Phi) is 15.1. The Bertz CT molecular complexity index is 233. The molecular formula is C18H36O5. The van der Waals surface area contributed by atoms with Crippen LogP contribution in [0.25, 0.3) is 0 Å². The molecule has 1 saturated heterocycles. The van der Waals surface area contributed by atoms with Crippen LogP contribution in [-0.4, -0.2) is 66.1 Å². The minimum Gasteiger partial charge on any atom is -0.382 e. The summed E-state index contributed by atoms with van der Waals surface area (Å²) in [7, 11) is 1.67. The third-order valence-corrected chi connectivity index (χ3v) is 3.89. The lowest BCUT2D eigenvalue weighted by molar-refractivity contribution is 0.00323. The quantitative estimate of drug-likeness (QED) is 0.268. The van der Waals surface area contributed by atoms with E-state index in [0.717, 1.165) is 19.6 Å². The maximum absolute atomic E-state index is 5.56. The molecule has 1 aliphatic heterocycles. The Balaban J connectivity index is 1.59. The number of hydrogen-bond donors (Lipinski definition) is 0. The van der Waals surface area contributed by atoms with Crippen molar-refractivity contribution in [3.8, 4) is 0 Å². The minimum atomic E-state index is 0.610. The van der Waals surface area contributed by atoms with Crippen LogP contribution in [0.4, 0.5) is 0 Å². The van der Waals surface area contributed by atoms with Crippen LogP contribution < -0.4 is 0 Å². The van der Waals surface area contributed by atoms with Crippen molar-refractivity contribution < 1.29 is 23.7 Å². The van der Waals surface area contributed by atoms with Crippen molar-refractivity contribution in [3.63, 3.8) is 0 Å². The van der Waals surface area contributed by atoms with E-state index in [1.165, 1.54) is 44.9 Å². The zero-order valence-corrected chi connectivity index (χ0v) is 14.9. The summed E-state index contributed by atoms with van der Waals surface area (Å²) in [5.41, 5.74) is 0. The molecule has 0 spiro atoms. The van der Waals surface area contributed by atoms with Gasteiger partial charge in [-0.25, -0.2) is 0 Å². The summed E-state index contributed by atoms with van der Waals surface area (Å²) >= 11 is 0. The topological polar surface area (TPSA) is 49.5 Å². The first-order chi connectivity index (χ1) is 11.4. The SMILES string of the molecule is COCCOCCOCCOCCCCCCCCCC1CO1. The molecule has 0 amide bonds. The Morgan fingerprint density at radius 3 is 1.70 bits per heavy atom. The second-order valence-electron chi connectivity index (χ2n) is 6.05. The smallest absolute Gasteiger partial charge is 0.0810 e. The number of epoxide rings is 1. The van der Waals surface area contributed by atoms with Crippen molar-refractivity contribution >= 4 is 0 Å². The summed E-state index contributed by atoms with van der Waals surface area (Å²) in [6.07, 6.45) is 11.1. The average Bonchev–Trinajstić information content (AvgIpc) is 3.38. The molecule has 0 radical (unpaired) electrons. The molecule has 0 aliphatic carbocycles. The van der Waals surface area contributed by atoms with Crippen molar-refractivity contribution in [1.82, 2.24) is 0 Å². The summed E-state index contributed by atoms with van der Waals surface area (Å²) in [5.74, 6) is 0. The van der Waals surface area contributed by atoms with Gasteiger partial charge in [-0.2, -0.15) is 0 Å². The van der Waals surface area contributed by atoms with Crippen LogP contribution in [0.2, 0.25) is 0 Å². The maximum Gasteiger partial charge on any atom is 0.0810 e. The van der Waals surface area contributed by atoms with Crippen molar-refractivity contribution in [2.24, 2.45) is 0 Å². The zero-order valence-electron chi connectivity index (χ0n) is 14.9. The number of methoxy groups -OCH3 is 1.